The topological polar surface area (TPSA) is 61.6 Å². The van der Waals surface area contributed by atoms with Crippen LogP contribution in [0.3, 0.4) is 0 Å². The monoisotopic (exact) mass is 326 g/mol. The standard InChI is InChI=1S/C18H22N4O2/c1-21-6-8-22(9-7-21)17-5-4-13(12-19-17)20-18(23)15-11-14(15)16-3-2-10-24-16/h2-5,10,12,14-15H,6-9,11H2,1H3,(H,20,23). The summed E-state index contributed by atoms with van der Waals surface area (Å²) in [6.45, 7) is 4.08. The smallest absolute Gasteiger partial charge is 0.228 e. The van der Waals surface area contributed by atoms with Crippen LogP contribution < -0.4 is 10.2 Å². The Balaban J connectivity index is 1.33. The summed E-state index contributed by atoms with van der Waals surface area (Å²) in [6, 6.07) is 7.72. The number of anilines is 2. The quantitative estimate of drug-likeness (QED) is 0.933. The Bertz CT molecular complexity index is 690. The number of hydrogen-bond donors (Lipinski definition) is 1. The van der Waals surface area contributed by atoms with E-state index >= 15 is 0 Å². The van der Waals surface area contributed by atoms with Crippen LogP contribution in [-0.2, 0) is 4.79 Å². The lowest BCUT2D eigenvalue weighted by molar-refractivity contribution is -0.117. The molecule has 3 heterocycles. The van der Waals surface area contributed by atoms with Gasteiger partial charge in [-0.1, -0.05) is 0 Å². The maximum atomic E-state index is 12.3. The lowest BCUT2D eigenvalue weighted by atomic mass is 10.2. The van der Waals surface area contributed by atoms with Crippen molar-refractivity contribution in [3.63, 3.8) is 0 Å². The molecule has 1 saturated heterocycles. The van der Waals surface area contributed by atoms with E-state index in [1.54, 1.807) is 12.5 Å². The van der Waals surface area contributed by atoms with Gasteiger partial charge in [-0.3, -0.25) is 4.79 Å². The van der Waals surface area contributed by atoms with Crippen molar-refractivity contribution in [1.29, 1.82) is 0 Å². The summed E-state index contributed by atoms with van der Waals surface area (Å²) in [5.74, 6) is 2.15. The lowest BCUT2D eigenvalue weighted by Gasteiger charge is -2.33. The molecule has 2 aromatic heterocycles. The Hall–Kier alpha value is -2.34. The minimum Gasteiger partial charge on any atom is -0.469 e. The number of amides is 1. The first-order valence-corrected chi connectivity index (χ1v) is 8.44. The molecule has 1 aliphatic heterocycles. The highest BCUT2D eigenvalue weighted by molar-refractivity contribution is 5.95. The van der Waals surface area contributed by atoms with Crippen LogP contribution >= 0.6 is 0 Å². The van der Waals surface area contributed by atoms with Crippen LogP contribution in [0.5, 0.6) is 0 Å². The summed E-state index contributed by atoms with van der Waals surface area (Å²) in [6.07, 6.45) is 4.26. The van der Waals surface area contributed by atoms with Gasteiger partial charge in [0.15, 0.2) is 0 Å². The van der Waals surface area contributed by atoms with Crippen molar-refractivity contribution in [2.24, 2.45) is 5.92 Å². The summed E-state index contributed by atoms with van der Waals surface area (Å²) in [4.78, 5) is 21.4. The second-order valence-electron chi connectivity index (χ2n) is 6.65. The summed E-state index contributed by atoms with van der Waals surface area (Å²) < 4.78 is 5.38. The van der Waals surface area contributed by atoms with Gasteiger partial charge in [0.1, 0.15) is 11.6 Å². The second kappa shape index (κ2) is 6.28. The van der Waals surface area contributed by atoms with Gasteiger partial charge in [0.25, 0.3) is 0 Å². The Morgan fingerprint density at radius 3 is 2.75 bits per heavy atom. The van der Waals surface area contributed by atoms with Crippen molar-refractivity contribution >= 4 is 17.4 Å². The molecule has 1 saturated carbocycles. The molecule has 1 aliphatic carbocycles. The van der Waals surface area contributed by atoms with Crippen molar-refractivity contribution in [3.05, 3.63) is 42.5 Å². The number of likely N-dealkylation sites (N-methyl/N-ethyl adjacent to an activating group) is 1. The molecule has 6 nitrogen and oxygen atoms in total. The third kappa shape index (κ3) is 3.14. The number of furan rings is 1. The molecular formula is C18H22N4O2. The van der Waals surface area contributed by atoms with E-state index in [1.807, 2.05) is 24.3 Å². The summed E-state index contributed by atoms with van der Waals surface area (Å²) in [5.41, 5.74) is 0.753. The third-order valence-corrected chi connectivity index (χ3v) is 4.88. The van der Waals surface area contributed by atoms with Crippen LogP contribution in [0.1, 0.15) is 18.1 Å². The Morgan fingerprint density at radius 2 is 2.08 bits per heavy atom. The maximum absolute atomic E-state index is 12.3. The Morgan fingerprint density at radius 1 is 1.25 bits per heavy atom. The van der Waals surface area contributed by atoms with Crippen LogP contribution in [0, 0.1) is 5.92 Å². The number of pyridine rings is 1. The number of hydrogen-bond acceptors (Lipinski definition) is 5. The first-order chi connectivity index (χ1) is 11.7. The van der Waals surface area contributed by atoms with E-state index in [4.69, 9.17) is 4.42 Å². The number of nitrogens with zero attached hydrogens (tertiary/aromatic N) is 3. The molecule has 0 bridgehead atoms. The zero-order valence-electron chi connectivity index (χ0n) is 13.8. The predicted octanol–water partition coefficient (Wildman–Crippen LogP) is 2.17. The molecule has 2 aliphatic rings. The molecule has 0 spiro atoms. The van der Waals surface area contributed by atoms with E-state index < -0.39 is 0 Å². The van der Waals surface area contributed by atoms with Crippen LogP contribution in [0.15, 0.2) is 41.1 Å². The first-order valence-electron chi connectivity index (χ1n) is 8.44. The van der Waals surface area contributed by atoms with E-state index in [0.29, 0.717) is 0 Å². The minimum absolute atomic E-state index is 0.00783. The highest BCUT2D eigenvalue weighted by Gasteiger charge is 2.45. The van der Waals surface area contributed by atoms with Crippen molar-refractivity contribution in [2.75, 3.05) is 43.4 Å². The number of carbonyl (C=O) groups excluding carboxylic acids is 1. The minimum atomic E-state index is 0.00783. The normalized spacial score (nSPS) is 24.0. The van der Waals surface area contributed by atoms with Crippen molar-refractivity contribution in [1.82, 2.24) is 9.88 Å². The highest BCUT2D eigenvalue weighted by Crippen LogP contribution is 2.48. The number of rotatable bonds is 4. The SMILES string of the molecule is CN1CCN(c2ccc(NC(=O)C3CC3c3ccco3)cn2)CC1. The summed E-state index contributed by atoms with van der Waals surface area (Å²) in [7, 11) is 2.14. The fourth-order valence-electron chi connectivity index (χ4n) is 3.22. The average Bonchev–Trinajstić information content (AvgIpc) is 3.22. The number of carbonyl (C=O) groups is 1. The summed E-state index contributed by atoms with van der Waals surface area (Å²) in [5, 5.41) is 2.96. The van der Waals surface area contributed by atoms with Gasteiger partial charge in [-0.15, -0.1) is 0 Å². The highest BCUT2D eigenvalue weighted by atomic mass is 16.3. The zero-order chi connectivity index (χ0) is 16.5. The molecule has 0 radical (unpaired) electrons. The zero-order valence-corrected chi connectivity index (χ0v) is 13.8. The van der Waals surface area contributed by atoms with Gasteiger partial charge in [0.05, 0.1) is 18.1 Å². The molecular weight excluding hydrogens is 304 g/mol. The fourth-order valence-corrected chi connectivity index (χ4v) is 3.22. The van der Waals surface area contributed by atoms with Gasteiger partial charge in [0, 0.05) is 38.0 Å². The molecule has 0 aromatic carbocycles. The van der Waals surface area contributed by atoms with Crippen molar-refractivity contribution < 1.29 is 9.21 Å². The predicted molar refractivity (Wildman–Crippen MR) is 92.1 cm³/mol. The van der Waals surface area contributed by atoms with Crippen molar-refractivity contribution in [3.8, 4) is 0 Å². The summed E-state index contributed by atoms with van der Waals surface area (Å²) >= 11 is 0. The van der Waals surface area contributed by atoms with Gasteiger partial charge in [-0.2, -0.15) is 0 Å². The number of piperazine rings is 1. The molecule has 2 aromatic rings. The number of aromatic nitrogens is 1. The Kier molecular flexibility index (Phi) is 3.98. The Labute approximate surface area is 141 Å². The molecule has 4 rings (SSSR count). The van der Waals surface area contributed by atoms with Crippen LogP contribution in [0.25, 0.3) is 0 Å². The maximum Gasteiger partial charge on any atom is 0.228 e. The second-order valence-corrected chi connectivity index (χ2v) is 6.65. The molecule has 2 atom stereocenters. The first kappa shape index (κ1) is 15.2. The van der Waals surface area contributed by atoms with E-state index in [2.05, 4.69) is 27.1 Å². The molecule has 6 heteroatoms. The molecule has 2 unspecified atom stereocenters. The molecule has 126 valence electrons. The molecule has 1 amide bonds. The van der Waals surface area contributed by atoms with E-state index in [1.165, 1.54) is 0 Å². The average molecular weight is 326 g/mol. The van der Waals surface area contributed by atoms with E-state index in [9.17, 15) is 4.79 Å². The largest absolute Gasteiger partial charge is 0.469 e. The van der Waals surface area contributed by atoms with Gasteiger partial charge < -0.3 is 19.5 Å². The lowest BCUT2D eigenvalue weighted by Crippen LogP contribution is -2.44. The van der Waals surface area contributed by atoms with Gasteiger partial charge in [-0.05, 0) is 37.7 Å². The van der Waals surface area contributed by atoms with Crippen LogP contribution in [0.2, 0.25) is 0 Å². The van der Waals surface area contributed by atoms with Crippen LogP contribution in [0.4, 0.5) is 11.5 Å². The van der Waals surface area contributed by atoms with Crippen LogP contribution in [-0.4, -0.2) is 49.0 Å². The van der Waals surface area contributed by atoms with E-state index in [0.717, 1.165) is 49.9 Å². The fraction of sp³-hybridized carbons (Fsp3) is 0.444. The van der Waals surface area contributed by atoms with E-state index in [-0.39, 0.29) is 17.7 Å². The molecule has 24 heavy (non-hydrogen) atoms. The van der Waals surface area contributed by atoms with Gasteiger partial charge in [0.2, 0.25) is 5.91 Å². The van der Waals surface area contributed by atoms with Gasteiger partial charge in [-0.25, -0.2) is 4.98 Å². The molecule has 1 N–H and O–H groups in total. The number of nitrogens with one attached hydrogen (secondary N) is 1. The third-order valence-electron chi connectivity index (χ3n) is 4.88. The van der Waals surface area contributed by atoms with Gasteiger partial charge >= 0.3 is 0 Å². The van der Waals surface area contributed by atoms with Crippen molar-refractivity contribution in [2.45, 2.75) is 12.3 Å². The molecule has 2 fully saturated rings.